The molecule has 7 nitrogen and oxygen atoms in total. The summed E-state index contributed by atoms with van der Waals surface area (Å²) >= 11 is 0. The minimum Gasteiger partial charge on any atom is -0.341 e. The molecule has 0 aliphatic rings. The highest BCUT2D eigenvalue weighted by molar-refractivity contribution is 5.77. The van der Waals surface area contributed by atoms with Gasteiger partial charge in [0, 0.05) is 20.1 Å². The molecular weight excluding hydrogens is 318 g/mol. The number of likely N-dealkylation sites (N-methyl/N-ethyl adjacent to an activating group) is 1. The highest BCUT2D eigenvalue weighted by Crippen LogP contribution is 2.05. The number of aromatic nitrogens is 4. The van der Waals surface area contributed by atoms with Gasteiger partial charge in [-0.3, -0.25) is 18.8 Å². The van der Waals surface area contributed by atoms with Gasteiger partial charge in [-0.25, -0.2) is 4.98 Å². The molecule has 0 spiro atoms. The first-order chi connectivity index (χ1) is 12.1. The van der Waals surface area contributed by atoms with Gasteiger partial charge in [0.05, 0.1) is 6.20 Å². The Morgan fingerprint density at radius 2 is 2.00 bits per heavy atom. The monoisotopic (exact) mass is 339 g/mol. The van der Waals surface area contributed by atoms with E-state index in [0.29, 0.717) is 24.1 Å². The lowest BCUT2D eigenvalue weighted by atomic mass is 10.1. The van der Waals surface area contributed by atoms with Crippen LogP contribution < -0.4 is 5.56 Å². The minimum atomic E-state index is -0.245. The molecule has 0 N–H and O–H groups in total. The molecule has 0 bridgehead atoms. The number of aryl methyl sites for hydroxylation is 1. The molecule has 0 aliphatic carbocycles. The summed E-state index contributed by atoms with van der Waals surface area (Å²) in [5.74, 6) is -0.0921. The third-order valence-electron chi connectivity index (χ3n) is 4.27. The van der Waals surface area contributed by atoms with Crippen LogP contribution in [0.25, 0.3) is 11.0 Å². The first-order valence-electron chi connectivity index (χ1n) is 8.29. The third-order valence-corrected chi connectivity index (χ3v) is 4.27. The van der Waals surface area contributed by atoms with E-state index in [0.717, 1.165) is 6.42 Å². The van der Waals surface area contributed by atoms with Crippen molar-refractivity contribution in [2.75, 3.05) is 13.1 Å². The molecule has 3 rings (SSSR count). The second-order valence-electron chi connectivity index (χ2n) is 5.89. The van der Waals surface area contributed by atoms with Crippen molar-refractivity contribution >= 4 is 16.9 Å². The van der Waals surface area contributed by atoms with E-state index in [2.05, 4.69) is 10.1 Å². The van der Waals surface area contributed by atoms with Gasteiger partial charge >= 0.3 is 0 Å². The Balaban J connectivity index is 1.71. The molecular formula is C18H21N5O2. The summed E-state index contributed by atoms with van der Waals surface area (Å²) in [6, 6.07) is 10.0. The molecule has 0 unspecified atom stereocenters. The fraction of sp³-hybridized carbons (Fsp3) is 0.333. The van der Waals surface area contributed by atoms with Crippen molar-refractivity contribution in [2.45, 2.75) is 19.9 Å². The second-order valence-corrected chi connectivity index (χ2v) is 5.89. The molecule has 0 radical (unpaired) electrons. The molecule has 1 amide bonds. The van der Waals surface area contributed by atoms with E-state index in [1.165, 1.54) is 22.7 Å². The molecule has 7 heteroatoms. The van der Waals surface area contributed by atoms with E-state index in [1.807, 2.05) is 37.3 Å². The lowest BCUT2D eigenvalue weighted by Crippen LogP contribution is -2.37. The Labute approximate surface area is 145 Å². The smallest absolute Gasteiger partial charge is 0.264 e. The SMILES string of the molecule is CCN(CCc1ccccc1)C(=O)Cn1cnc2c(cnn2C)c1=O. The normalized spacial score (nSPS) is 11.0. The zero-order valence-corrected chi connectivity index (χ0v) is 14.4. The van der Waals surface area contributed by atoms with E-state index in [1.54, 1.807) is 16.6 Å². The van der Waals surface area contributed by atoms with Gasteiger partial charge in [-0.1, -0.05) is 30.3 Å². The maximum absolute atomic E-state index is 12.6. The summed E-state index contributed by atoms with van der Waals surface area (Å²) in [6.45, 7) is 3.15. The van der Waals surface area contributed by atoms with Crippen molar-refractivity contribution in [1.82, 2.24) is 24.2 Å². The highest BCUT2D eigenvalue weighted by atomic mass is 16.2. The molecule has 0 atom stereocenters. The van der Waals surface area contributed by atoms with Gasteiger partial charge < -0.3 is 4.90 Å². The van der Waals surface area contributed by atoms with Crippen LogP contribution in [0.3, 0.4) is 0 Å². The summed E-state index contributed by atoms with van der Waals surface area (Å²) in [4.78, 5) is 31.0. The van der Waals surface area contributed by atoms with E-state index in [4.69, 9.17) is 0 Å². The van der Waals surface area contributed by atoms with Crippen LogP contribution in [0.5, 0.6) is 0 Å². The number of amides is 1. The van der Waals surface area contributed by atoms with Crippen LogP contribution >= 0.6 is 0 Å². The Kier molecular flexibility index (Phi) is 4.92. The first-order valence-corrected chi connectivity index (χ1v) is 8.29. The summed E-state index contributed by atoms with van der Waals surface area (Å²) in [6.07, 6.45) is 3.68. The second kappa shape index (κ2) is 7.29. The van der Waals surface area contributed by atoms with Gasteiger partial charge in [-0.05, 0) is 18.9 Å². The minimum absolute atomic E-state index is 0.0146. The lowest BCUT2D eigenvalue weighted by molar-refractivity contribution is -0.131. The fourth-order valence-corrected chi connectivity index (χ4v) is 2.79. The molecule has 25 heavy (non-hydrogen) atoms. The molecule has 0 fully saturated rings. The van der Waals surface area contributed by atoms with Gasteiger partial charge in [0.2, 0.25) is 5.91 Å². The molecule has 0 saturated carbocycles. The van der Waals surface area contributed by atoms with Crippen LogP contribution in [-0.4, -0.2) is 43.2 Å². The number of carbonyl (C=O) groups is 1. The largest absolute Gasteiger partial charge is 0.341 e. The van der Waals surface area contributed by atoms with Crippen molar-refractivity contribution in [3.05, 3.63) is 58.8 Å². The van der Waals surface area contributed by atoms with Crippen LogP contribution in [0.4, 0.5) is 0 Å². The fourth-order valence-electron chi connectivity index (χ4n) is 2.79. The summed E-state index contributed by atoms with van der Waals surface area (Å²) < 4.78 is 2.89. The maximum atomic E-state index is 12.6. The lowest BCUT2D eigenvalue weighted by Gasteiger charge is -2.21. The molecule has 130 valence electrons. The van der Waals surface area contributed by atoms with Crippen molar-refractivity contribution in [3.63, 3.8) is 0 Å². The van der Waals surface area contributed by atoms with Gasteiger partial charge in [-0.2, -0.15) is 5.10 Å². The van der Waals surface area contributed by atoms with Crippen LogP contribution in [0.1, 0.15) is 12.5 Å². The zero-order chi connectivity index (χ0) is 17.8. The first kappa shape index (κ1) is 16.9. The van der Waals surface area contributed by atoms with E-state index < -0.39 is 0 Å². The van der Waals surface area contributed by atoms with E-state index in [9.17, 15) is 9.59 Å². The summed E-state index contributed by atoms with van der Waals surface area (Å²) in [5.41, 5.74) is 1.46. The predicted octanol–water partition coefficient (Wildman–Crippen LogP) is 1.22. The van der Waals surface area contributed by atoms with Crippen LogP contribution in [-0.2, 0) is 24.8 Å². The van der Waals surface area contributed by atoms with E-state index in [-0.39, 0.29) is 18.0 Å². The molecule has 0 aliphatic heterocycles. The maximum Gasteiger partial charge on any atom is 0.264 e. The van der Waals surface area contributed by atoms with Crippen LogP contribution in [0.15, 0.2) is 47.7 Å². The Hall–Kier alpha value is -2.96. The number of carbonyl (C=O) groups excluding carboxylic acids is 1. The van der Waals surface area contributed by atoms with Crippen LogP contribution in [0.2, 0.25) is 0 Å². The average Bonchev–Trinajstić information content (AvgIpc) is 3.00. The summed E-state index contributed by atoms with van der Waals surface area (Å²) in [5, 5.41) is 4.46. The predicted molar refractivity (Wildman–Crippen MR) is 95.2 cm³/mol. The Morgan fingerprint density at radius 3 is 2.72 bits per heavy atom. The molecule has 0 saturated heterocycles. The third kappa shape index (κ3) is 3.60. The molecule has 2 aromatic heterocycles. The summed E-state index contributed by atoms with van der Waals surface area (Å²) in [7, 11) is 1.73. The van der Waals surface area contributed by atoms with Crippen molar-refractivity contribution < 1.29 is 4.79 Å². The Morgan fingerprint density at radius 1 is 1.24 bits per heavy atom. The number of fused-ring (bicyclic) bond motifs is 1. The molecule has 3 aromatic rings. The van der Waals surface area contributed by atoms with Crippen molar-refractivity contribution in [2.24, 2.45) is 7.05 Å². The molecule has 2 heterocycles. The number of nitrogens with zero attached hydrogens (tertiary/aromatic N) is 5. The van der Waals surface area contributed by atoms with Gasteiger partial charge in [0.1, 0.15) is 18.3 Å². The van der Waals surface area contributed by atoms with E-state index >= 15 is 0 Å². The Bertz CT molecular complexity index is 930. The topological polar surface area (TPSA) is 73.0 Å². The number of benzene rings is 1. The van der Waals surface area contributed by atoms with Crippen LogP contribution in [0, 0.1) is 0 Å². The zero-order valence-electron chi connectivity index (χ0n) is 14.4. The molecule has 1 aromatic carbocycles. The standard InChI is InChI=1S/C18H21N5O2/c1-3-22(10-9-14-7-5-4-6-8-14)16(24)12-23-13-19-17-15(18(23)25)11-20-21(17)2/h4-8,11,13H,3,9-10,12H2,1-2H3. The number of rotatable bonds is 6. The van der Waals surface area contributed by atoms with Crippen molar-refractivity contribution in [1.29, 1.82) is 0 Å². The van der Waals surface area contributed by atoms with Gasteiger partial charge in [-0.15, -0.1) is 0 Å². The van der Waals surface area contributed by atoms with Gasteiger partial charge in [0.25, 0.3) is 5.56 Å². The van der Waals surface area contributed by atoms with Crippen molar-refractivity contribution in [3.8, 4) is 0 Å². The van der Waals surface area contributed by atoms with Gasteiger partial charge in [0.15, 0.2) is 5.65 Å². The number of hydrogen-bond donors (Lipinski definition) is 0. The highest BCUT2D eigenvalue weighted by Gasteiger charge is 2.15. The quantitative estimate of drug-likeness (QED) is 0.677. The average molecular weight is 339 g/mol. The number of hydrogen-bond acceptors (Lipinski definition) is 4.